The van der Waals surface area contributed by atoms with Crippen LogP contribution in [0.5, 0.6) is 0 Å². The largest absolute Gasteiger partial charge is 0.456 e. The Balaban J connectivity index is 1.60. The second-order valence-electron chi connectivity index (χ2n) is 16.2. The molecule has 2 saturated carbocycles. The lowest BCUT2D eigenvalue weighted by atomic mass is 9.44. The molecular formula is C43H53NO13. The van der Waals surface area contributed by atoms with Crippen LogP contribution < -0.4 is 5.32 Å². The molecule has 308 valence electrons. The van der Waals surface area contributed by atoms with Gasteiger partial charge in [-0.15, -0.1) is 0 Å². The number of carbonyl (C=O) groups is 5. The highest BCUT2D eigenvalue weighted by atomic mass is 16.6. The topological polar surface area (TPSA) is 182 Å². The molecule has 3 fully saturated rings. The average Bonchev–Trinajstić information content (AvgIpc) is 3.16. The third-order valence-electron chi connectivity index (χ3n) is 13.0. The van der Waals surface area contributed by atoms with E-state index in [1.165, 1.54) is 28.1 Å². The molecule has 0 unspecified atom stereocenters. The van der Waals surface area contributed by atoms with E-state index in [1.807, 2.05) is 30.3 Å². The standard InChI is InChI=1S/C43H53NO13/c1-23-28(55-39(49)34(52-9)32(44-7)26-16-12-10-13-17-26)21-43(50)37(56-38(48)27-18-14-11-15-19-27)35-41(6,36(47)33(54-24(2)45)31(23)40(43,4)5)29(51-8)20-30-42(35,22-53-30)57-25(3)46/h10-19,28-30,32-35,37,44,50H,20-22H2,1-9H3/t28-,29-,30+,32-,33+,34+,35-,37-,41+,42-,43+/m0/s1. The molecule has 0 radical (unpaired) electrons. The summed E-state index contributed by atoms with van der Waals surface area (Å²) in [4.78, 5) is 70.2. The first-order valence-corrected chi connectivity index (χ1v) is 19.1. The van der Waals surface area contributed by atoms with Crippen molar-refractivity contribution in [3.63, 3.8) is 0 Å². The quantitative estimate of drug-likeness (QED) is 0.190. The molecule has 0 amide bonds. The van der Waals surface area contributed by atoms with E-state index in [0.717, 1.165) is 5.56 Å². The lowest BCUT2D eigenvalue weighted by Gasteiger charge is -2.67. The molecule has 0 aromatic heterocycles. The third kappa shape index (κ3) is 6.78. The van der Waals surface area contributed by atoms with E-state index in [0.29, 0.717) is 5.57 Å². The van der Waals surface area contributed by atoms with Crippen LogP contribution in [0.4, 0.5) is 0 Å². The molecule has 2 bridgehead atoms. The molecular weight excluding hydrogens is 738 g/mol. The Morgan fingerprint density at radius 2 is 1.54 bits per heavy atom. The summed E-state index contributed by atoms with van der Waals surface area (Å²) in [5.41, 5.74) is -5.68. The van der Waals surface area contributed by atoms with Crippen molar-refractivity contribution in [3.8, 4) is 0 Å². The van der Waals surface area contributed by atoms with Crippen molar-refractivity contribution in [1.82, 2.24) is 5.32 Å². The SMILES string of the molecule is CN[C@@H](c1ccccc1)[C@@H](OC)C(=O)O[C@H]1C[C@@]2(O)[C@@H](OC(=O)c3ccccc3)[C@@H]3[C@]4(OC(C)=O)CO[C@@H]4C[C@H](OC)[C@@]3(C)C(=O)[C@H](OC(C)=O)C(=C1C)C2(C)C. The monoisotopic (exact) mass is 791 g/mol. The van der Waals surface area contributed by atoms with Gasteiger partial charge in [-0.25, -0.2) is 9.59 Å². The molecule has 14 nitrogen and oxygen atoms in total. The van der Waals surface area contributed by atoms with Gasteiger partial charge in [-0.2, -0.15) is 0 Å². The highest BCUT2D eigenvalue weighted by Gasteiger charge is 2.78. The maximum absolute atomic E-state index is 15.6. The number of Topliss-reactive ketones (excluding diaryl/α,β-unsaturated/α-hetero) is 1. The Morgan fingerprint density at radius 1 is 0.912 bits per heavy atom. The summed E-state index contributed by atoms with van der Waals surface area (Å²) in [5.74, 6) is -5.08. The maximum atomic E-state index is 15.6. The van der Waals surface area contributed by atoms with Gasteiger partial charge in [0.15, 0.2) is 23.6 Å². The number of esters is 4. The first-order valence-electron chi connectivity index (χ1n) is 19.1. The van der Waals surface area contributed by atoms with Crippen molar-refractivity contribution in [3.05, 3.63) is 82.9 Å². The zero-order valence-electron chi connectivity index (χ0n) is 33.9. The molecule has 2 N–H and O–H groups in total. The van der Waals surface area contributed by atoms with Crippen molar-refractivity contribution in [2.75, 3.05) is 27.9 Å². The van der Waals surface area contributed by atoms with E-state index >= 15 is 4.79 Å². The number of fused-ring (bicyclic) bond motifs is 5. The van der Waals surface area contributed by atoms with Crippen LogP contribution in [-0.2, 0) is 52.3 Å². The number of rotatable bonds is 11. The summed E-state index contributed by atoms with van der Waals surface area (Å²) in [6.07, 6.45) is -7.78. The van der Waals surface area contributed by atoms with Crippen LogP contribution in [0.3, 0.4) is 0 Å². The van der Waals surface area contributed by atoms with Gasteiger partial charge in [0, 0.05) is 46.3 Å². The minimum Gasteiger partial charge on any atom is -0.456 e. The minimum absolute atomic E-state index is 0.0845. The molecule has 1 aliphatic heterocycles. The van der Waals surface area contributed by atoms with Crippen LogP contribution in [-0.4, -0.2) is 110 Å². The van der Waals surface area contributed by atoms with Crippen molar-refractivity contribution in [1.29, 1.82) is 0 Å². The molecule has 1 heterocycles. The molecule has 6 rings (SSSR count). The summed E-state index contributed by atoms with van der Waals surface area (Å²) in [6, 6.07) is 16.7. The molecule has 2 aromatic carbocycles. The number of benzene rings is 2. The zero-order valence-corrected chi connectivity index (χ0v) is 33.9. The van der Waals surface area contributed by atoms with Crippen molar-refractivity contribution in [2.45, 2.75) is 108 Å². The fraction of sp³-hybridized carbons (Fsp3) is 0.558. The molecule has 3 aliphatic carbocycles. The summed E-state index contributed by atoms with van der Waals surface area (Å²) in [6.45, 7) is 8.77. The number of hydrogen-bond acceptors (Lipinski definition) is 14. The smallest absolute Gasteiger partial charge is 0.338 e. The third-order valence-corrected chi connectivity index (χ3v) is 13.0. The van der Waals surface area contributed by atoms with Gasteiger partial charge < -0.3 is 43.6 Å². The van der Waals surface area contributed by atoms with E-state index in [1.54, 1.807) is 65.1 Å². The van der Waals surface area contributed by atoms with Crippen LogP contribution in [0.25, 0.3) is 0 Å². The van der Waals surface area contributed by atoms with Crippen molar-refractivity contribution >= 4 is 29.7 Å². The summed E-state index contributed by atoms with van der Waals surface area (Å²) < 4.78 is 42.7. The highest BCUT2D eigenvalue weighted by molar-refractivity contribution is 5.95. The number of aliphatic hydroxyl groups is 1. The molecule has 4 aliphatic rings. The van der Waals surface area contributed by atoms with Crippen LogP contribution in [0, 0.1) is 16.7 Å². The van der Waals surface area contributed by atoms with Gasteiger partial charge in [0.25, 0.3) is 0 Å². The first kappa shape index (κ1) is 42.1. The maximum Gasteiger partial charge on any atom is 0.338 e. The van der Waals surface area contributed by atoms with Crippen LogP contribution in [0.2, 0.25) is 0 Å². The Morgan fingerprint density at radius 3 is 2.07 bits per heavy atom. The Hall–Kier alpha value is -4.47. The van der Waals surface area contributed by atoms with Crippen LogP contribution in [0.1, 0.15) is 76.3 Å². The highest BCUT2D eigenvalue weighted by Crippen LogP contribution is 2.65. The fourth-order valence-electron chi connectivity index (χ4n) is 10.1. The lowest BCUT2D eigenvalue weighted by Crippen LogP contribution is -2.82. The van der Waals surface area contributed by atoms with Gasteiger partial charge in [-0.05, 0) is 49.7 Å². The number of ether oxygens (including phenoxy) is 7. The second-order valence-corrected chi connectivity index (χ2v) is 16.2. The molecule has 2 aromatic rings. The summed E-state index contributed by atoms with van der Waals surface area (Å²) in [7, 11) is 4.48. The Labute approximate surface area is 332 Å². The van der Waals surface area contributed by atoms with Crippen LogP contribution >= 0.6 is 0 Å². The van der Waals surface area contributed by atoms with Gasteiger partial charge in [-0.3, -0.25) is 14.4 Å². The van der Waals surface area contributed by atoms with Crippen molar-refractivity contribution in [2.24, 2.45) is 16.7 Å². The molecule has 0 spiro atoms. The van der Waals surface area contributed by atoms with Gasteiger partial charge in [-0.1, -0.05) is 62.4 Å². The normalized spacial score (nSPS) is 33.8. The van der Waals surface area contributed by atoms with Gasteiger partial charge >= 0.3 is 23.9 Å². The van der Waals surface area contributed by atoms with E-state index < -0.39 is 100 Å². The first-order chi connectivity index (χ1) is 26.9. The Bertz CT molecular complexity index is 1920. The number of likely N-dealkylation sites (N-methyl/N-ethyl adjacent to an activating group) is 1. The number of nitrogens with one attached hydrogen (secondary N) is 1. The fourth-order valence-corrected chi connectivity index (χ4v) is 10.1. The molecule has 57 heavy (non-hydrogen) atoms. The Kier molecular flexibility index (Phi) is 11.6. The molecule has 14 heteroatoms. The molecule has 11 atom stereocenters. The average molecular weight is 792 g/mol. The second kappa shape index (κ2) is 15.7. The zero-order chi connectivity index (χ0) is 41.7. The van der Waals surface area contributed by atoms with E-state index in [4.69, 9.17) is 33.2 Å². The van der Waals surface area contributed by atoms with E-state index in [9.17, 15) is 24.3 Å². The van der Waals surface area contributed by atoms with E-state index in [-0.39, 0.29) is 30.6 Å². The number of ketones is 1. The lowest BCUT2D eigenvalue weighted by molar-refractivity contribution is -0.347. The number of methoxy groups -OCH3 is 2. The molecule has 1 saturated heterocycles. The predicted molar refractivity (Wildman–Crippen MR) is 202 cm³/mol. The van der Waals surface area contributed by atoms with E-state index in [2.05, 4.69) is 5.32 Å². The van der Waals surface area contributed by atoms with Gasteiger partial charge in [0.2, 0.25) is 0 Å². The van der Waals surface area contributed by atoms with Crippen LogP contribution in [0.15, 0.2) is 71.8 Å². The summed E-state index contributed by atoms with van der Waals surface area (Å²) in [5, 5.41) is 16.9. The number of carbonyl (C=O) groups excluding carboxylic acids is 5. The predicted octanol–water partition coefficient (Wildman–Crippen LogP) is 3.83. The minimum atomic E-state index is -2.21. The van der Waals surface area contributed by atoms with Gasteiger partial charge in [0.05, 0.1) is 35.6 Å². The number of hydrogen-bond donors (Lipinski definition) is 2. The van der Waals surface area contributed by atoms with Crippen molar-refractivity contribution < 1.29 is 62.2 Å². The summed E-state index contributed by atoms with van der Waals surface area (Å²) >= 11 is 0. The van der Waals surface area contributed by atoms with Gasteiger partial charge in [0.1, 0.15) is 23.9 Å².